The number of phenolic OH excluding ortho intramolecular Hbond substituents is 1. The Morgan fingerprint density at radius 2 is 2.12 bits per heavy atom. The summed E-state index contributed by atoms with van der Waals surface area (Å²) in [6.45, 7) is 3.18. The van der Waals surface area contributed by atoms with E-state index in [1.807, 2.05) is 18.2 Å². The van der Waals surface area contributed by atoms with Gasteiger partial charge in [-0.25, -0.2) is 0 Å². The number of halogens is 1. The number of carbonyl (C=O) groups is 1. The van der Waals surface area contributed by atoms with Crippen LogP contribution in [-0.4, -0.2) is 21.0 Å². The van der Waals surface area contributed by atoms with Crippen LogP contribution in [0.2, 0.25) is 0 Å². The van der Waals surface area contributed by atoms with Crippen molar-refractivity contribution in [3.63, 3.8) is 0 Å². The lowest BCUT2D eigenvalue weighted by Gasteiger charge is -2.10. The Morgan fingerprint density at radius 1 is 1.31 bits per heavy atom. The molecule has 2 aromatic carbocycles. The highest BCUT2D eigenvalue weighted by molar-refractivity contribution is 14.1. The van der Waals surface area contributed by atoms with E-state index < -0.39 is 0 Å². The number of phenols is 1. The monoisotopic (exact) mass is 464 g/mol. The average molecular weight is 464 g/mol. The molecule has 1 aromatic heterocycles. The molecular formula is C19H17IN2O4. The molecule has 0 unspecified atom stereocenters. The maximum absolute atomic E-state index is 11.4. The van der Waals surface area contributed by atoms with Crippen molar-refractivity contribution in [2.75, 3.05) is 0 Å². The first-order valence-electron chi connectivity index (χ1n) is 7.96. The molecule has 0 radical (unpaired) electrons. The smallest absolute Gasteiger partial charge is 0.264 e. The average Bonchev–Trinajstić information content (AvgIpc) is 3.03. The summed E-state index contributed by atoms with van der Waals surface area (Å²) in [7, 11) is 0. The van der Waals surface area contributed by atoms with E-state index in [0.717, 1.165) is 9.13 Å². The zero-order valence-electron chi connectivity index (χ0n) is 14.3. The van der Waals surface area contributed by atoms with Gasteiger partial charge in [-0.15, -0.1) is 0 Å². The molecule has 0 saturated carbocycles. The molecule has 0 fully saturated rings. The van der Waals surface area contributed by atoms with Crippen molar-refractivity contribution in [1.29, 1.82) is 0 Å². The van der Waals surface area contributed by atoms with Gasteiger partial charge >= 0.3 is 0 Å². The van der Waals surface area contributed by atoms with Gasteiger partial charge in [0.2, 0.25) is 0 Å². The first-order valence-corrected chi connectivity index (χ1v) is 9.04. The lowest BCUT2D eigenvalue weighted by atomic mass is 10.1. The molecule has 3 aromatic rings. The number of Topliss-reactive ketones (excluding diaryl/α,β-unsaturated/α-hetero) is 1. The summed E-state index contributed by atoms with van der Waals surface area (Å²) in [6, 6.07) is 11.3. The van der Waals surface area contributed by atoms with E-state index in [9.17, 15) is 9.90 Å². The van der Waals surface area contributed by atoms with Crippen LogP contribution >= 0.6 is 22.6 Å². The molecule has 0 bridgehead atoms. The topological polar surface area (TPSA) is 85.5 Å². The van der Waals surface area contributed by atoms with Gasteiger partial charge in [0.05, 0.1) is 5.56 Å². The first-order chi connectivity index (χ1) is 12.4. The van der Waals surface area contributed by atoms with Crippen LogP contribution < -0.4 is 4.74 Å². The zero-order chi connectivity index (χ0) is 18.7. The Hall–Kier alpha value is -2.42. The third-order valence-corrected chi connectivity index (χ3v) is 4.54. The van der Waals surface area contributed by atoms with Gasteiger partial charge in [-0.1, -0.05) is 17.3 Å². The van der Waals surface area contributed by atoms with E-state index in [0.29, 0.717) is 29.4 Å². The molecule has 6 nitrogen and oxygen atoms in total. The van der Waals surface area contributed by atoms with E-state index in [1.165, 1.54) is 13.0 Å². The second-order valence-corrected chi connectivity index (χ2v) is 7.09. The summed E-state index contributed by atoms with van der Waals surface area (Å²) < 4.78 is 12.0. The third kappa shape index (κ3) is 4.21. The Morgan fingerprint density at radius 3 is 2.85 bits per heavy atom. The number of hydrogen-bond donors (Lipinski definition) is 1. The van der Waals surface area contributed by atoms with Crippen molar-refractivity contribution in [2.24, 2.45) is 0 Å². The van der Waals surface area contributed by atoms with E-state index in [-0.39, 0.29) is 23.7 Å². The van der Waals surface area contributed by atoms with Crippen LogP contribution in [0.5, 0.6) is 11.5 Å². The van der Waals surface area contributed by atoms with Crippen LogP contribution in [0.25, 0.3) is 0 Å². The fourth-order valence-electron chi connectivity index (χ4n) is 2.51. The molecule has 0 aliphatic rings. The summed E-state index contributed by atoms with van der Waals surface area (Å²) in [4.78, 5) is 15.8. The van der Waals surface area contributed by atoms with Crippen molar-refractivity contribution < 1.29 is 19.2 Å². The molecule has 7 heteroatoms. The molecule has 3 rings (SSSR count). The fraction of sp³-hybridized carbons (Fsp3) is 0.211. The molecule has 1 N–H and O–H groups in total. The quantitative estimate of drug-likeness (QED) is 0.438. The SMILES string of the molecule is CC(=O)c1ccc(OCc2nc(Cc3cccc(I)c3)no2)c(C)c1O. The van der Waals surface area contributed by atoms with Crippen LogP contribution in [0.3, 0.4) is 0 Å². The third-order valence-electron chi connectivity index (χ3n) is 3.87. The van der Waals surface area contributed by atoms with Crippen molar-refractivity contribution in [1.82, 2.24) is 10.1 Å². The predicted molar refractivity (Wildman–Crippen MR) is 103 cm³/mol. The van der Waals surface area contributed by atoms with E-state index in [2.05, 4.69) is 38.8 Å². The van der Waals surface area contributed by atoms with Gasteiger partial charge in [0.15, 0.2) is 18.2 Å². The molecule has 26 heavy (non-hydrogen) atoms. The van der Waals surface area contributed by atoms with Crippen molar-refractivity contribution in [3.8, 4) is 11.5 Å². The maximum Gasteiger partial charge on any atom is 0.264 e. The highest BCUT2D eigenvalue weighted by atomic mass is 127. The van der Waals surface area contributed by atoms with Crippen LogP contribution in [0.15, 0.2) is 40.9 Å². The number of aromatic hydroxyl groups is 1. The van der Waals surface area contributed by atoms with Crippen LogP contribution in [0.1, 0.15) is 40.1 Å². The summed E-state index contributed by atoms with van der Waals surface area (Å²) in [5.41, 5.74) is 1.87. The number of aromatic nitrogens is 2. The minimum Gasteiger partial charge on any atom is -0.507 e. The molecule has 0 aliphatic carbocycles. The summed E-state index contributed by atoms with van der Waals surface area (Å²) in [5, 5.41) is 14.1. The lowest BCUT2D eigenvalue weighted by molar-refractivity contribution is 0.101. The van der Waals surface area contributed by atoms with E-state index in [4.69, 9.17) is 9.26 Å². The predicted octanol–water partition coefficient (Wildman–Crippen LogP) is 4.06. The summed E-state index contributed by atoms with van der Waals surface area (Å²) >= 11 is 2.26. The second kappa shape index (κ2) is 7.86. The number of ether oxygens (including phenoxy) is 1. The van der Waals surface area contributed by atoms with Crippen LogP contribution in [-0.2, 0) is 13.0 Å². The summed E-state index contributed by atoms with van der Waals surface area (Å²) in [5.74, 6) is 1.12. The molecule has 0 saturated heterocycles. The molecule has 0 spiro atoms. The Balaban J connectivity index is 1.67. The van der Waals surface area contributed by atoms with Crippen LogP contribution in [0, 0.1) is 10.5 Å². The second-order valence-electron chi connectivity index (χ2n) is 5.84. The first kappa shape index (κ1) is 18.4. The normalized spacial score (nSPS) is 10.7. The molecule has 1 heterocycles. The number of carbonyl (C=O) groups excluding carboxylic acids is 1. The van der Waals surface area contributed by atoms with Gasteiger partial charge in [-0.3, -0.25) is 4.79 Å². The van der Waals surface area contributed by atoms with Gasteiger partial charge in [-0.05, 0) is 66.3 Å². The van der Waals surface area contributed by atoms with Gasteiger partial charge in [0.1, 0.15) is 11.5 Å². The highest BCUT2D eigenvalue weighted by Gasteiger charge is 2.14. The Bertz CT molecular complexity index is 952. The fourth-order valence-corrected chi connectivity index (χ4v) is 3.12. The number of benzene rings is 2. The minimum atomic E-state index is -0.200. The van der Waals surface area contributed by atoms with Crippen molar-refractivity contribution in [2.45, 2.75) is 26.9 Å². The minimum absolute atomic E-state index is 0.0695. The van der Waals surface area contributed by atoms with E-state index in [1.54, 1.807) is 13.0 Å². The molecule has 0 atom stereocenters. The van der Waals surface area contributed by atoms with Crippen molar-refractivity contribution in [3.05, 3.63) is 68.4 Å². The maximum atomic E-state index is 11.4. The Labute approximate surface area is 164 Å². The zero-order valence-corrected chi connectivity index (χ0v) is 16.5. The Kier molecular flexibility index (Phi) is 5.55. The molecule has 0 aliphatic heterocycles. The van der Waals surface area contributed by atoms with Crippen molar-refractivity contribution >= 4 is 28.4 Å². The number of nitrogens with zero attached hydrogens (tertiary/aromatic N) is 2. The van der Waals surface area contributed by atoms with E-state index >= 15 is 0 Å². The number of rotatable bonds is 6. The molecule has 0 amide bonds. The van der Waals surface area contributed by atoms with Gasteiger partial charge in [0.25, 0.3) is 5.89 Å². The molecular weight excluding hydrogens is 447 g/mol. The number of hydrogen-bond acceptors (Lipinski definition) is 6. The number of ketones is 1. The standard InChI is InChI=1S/C19H17IN2O4/c1-11-16(7-6-15(12(2)23)19(11)24)25-10-18-21-17(22-26-18)9-13-4-3-5-14(20)8-13/h3-8,24H,9-10H2,1-2H3. The molecule has 134 valence electrons. The van der Waals surface area contributed by atoms with Gasteiger partial charge in [-0.2, -0.15) is 4.98 Å². The van der Waals surface area contributed by atoms with Crippen LogP contribution in [0.4, 0.5) is 0 Å². The lowest BCUT2D eigenvalue weighted by Crippen LogP contribution is -2.00. The summed E-state index contributed by atoms with van der Waals surface area (Å²) in [6.07, 6.45) is 0.577. The highest BCUT2D eigenvalue weighted by Crippen LogP contribution is 2.31. The van der Waals surface area contributed by atoms with Gasteiger partial charge in [0, 0.05) is 15.6 Å². The van der Waals surface area contributed by atoms with Gasteiger partial charge < -0.3 is 14.4 Å². The largest absolute Gasteiger partial charge is 0.507 e.